The summed E-state index contributed by atoms with van der Waals surface area (Å²) < 4.78 is 83.0. The van der Waals surface area contributed by atoms with Crippen LogP contribution in [0.5, 0.6) is 0 Å². The minimum Gasteiger partial charge on any atom is -0.481 e. The van der Waals surface area contributed by atoms with E-state index in [1.54, 1.807) is 39.8 Å². The molecule has 2 aliphatic carbocycles. The van der Waals surface area contributed by atoms with Gasteiger partial charge in [-0.05, 0) is 182 Å². The molecule has 2 heterocycles. The summed E-state index contributed by atoms with van der Waals surface area (Å²) in [6, 6.07) is 18.9. The number of esters is 1. The fourth-order valence-corrected chi connectivity index (χ4v) is 8.52. The van der Waals surface area contributed by atoms with E-state index < -0.39 is 52.4 Å². The predicted octanol–water partition coefficient (Wildman–Crippen LogP) is 12.8. The SMILES string of the molecule is CC(C)(N)CO.CC(C)(N)CO.COC(=O)C[C@H](C/C=C\CCCc1ccc2c(n1)CCCC2)c1cccc(C(F)(F)F)c1.O=C(O)C[C@H](CCCCCCc1ccc2c(n1)CCCC2)c1cccc(C(F)(F)F)c1. The number of nitrogens with two attached hydrogens (primary N) is 2. The number of carbonyl (C=O) groups excluding carboxylic acids is 1. The van der Waals surface area contributed by atoms with Gasteiger partial charge in [-0.25, -0.2) is 0 Å². The number of rotatable bonds is 21. The molecule has 2 aromatic heterocycles. The number of benzene rings is 2. The van der Waals surface area contributed by atoms with Crippen molar-refractivity contribution in [3.05, 3.63) is 141 Å². The highest BCUT2D eigenvalue weighted by atomic mass is 19.4. The largest absolute Gasteiger partial charge is 0.481 e. The lowest BCUT2D eigenvalue weighted by molar-refractivity contribution is -0.141. The van der Waals surface area contributed by atoms with Crippen LogP contribution in [0.2, 0.25) is 0 Å². The first-order valence-electron chi connectivity index (χ1n) is 26.3. The Balaban J connectivity index is 0.000000324. The normalized spacial score (nSPS) is 14.4. The molecule has 2 aliphatic rings. The van der Waals surface area contributed by atoms with Crippen molar-refractivity contribution >= 4 is 11.9 Å². The van der Waals surface area contributed by atoms with Crippen molar-refractivity contribution in [1.29, 1.82) is 0 Å². The molecule has 16 heteroatoms. The Hall–Kier alpha value is -5.16. The Morgan fingerprint density at radius 3 is 1.53 bits per heavy atom. The van der Waals surface area contributed by atoms with E-state index in [1.165, 1.54) is 67.4 Å². The van der Waals surface area contributed by atoms with Gasteiger partial charge in [-0.15, -0.1) is 0 Å². The first-order valence-corrected chi connectivity index (χ1v) is 26.3. The second-order valence-corrected chi connectivity index (χ2v) is 21.1. The number of methoxy groups -OCH3 is 1. The average Bonchev–Trinajstić information content (AvgIpc) is 3.37. The number of unbranched alkanes of at least 4 members (excludes halogenated alkanes) is 4. The number of aliphatic hydroxyl groups excluding tert-OH is 2. The van der Waals surface area contributed by atoms with E-state index in [1.807, 2.05) is 12.2 Å². The zero-order valence-corrected chi connectivity index (χ0v) is 44.7. The zero-order valence-electron chi connectivity index (χ0n) is 44.7. The van der Waals surface area contributed by atoms with Crippen LogP contribution in [-0.4, -0.2) is 68.6 Å². The number of halogens is 6. The highest BCUT2D eigenvalue weighted by molar-refractivity contribution is 5.70. The van der Waals surface area contributed by atoms with Gasteiger partial charge in [0.25, 0.3) is 0 Å². The molecule has 0 aliphatic heterocycles. The number of aryl methyl sites for hydroxylation is 6. The smallest absolute Gasteiger partial charge is 0.416 e. The number of aliphatic carboxylic acids is 1. The lowest BCUT2D eigenvalue weighted by Crippen LogP contribution is -2.35. The molecule has 0 saturated carbocycles. The molecule has 0 saturated heterocycles. The highest BCUT2D eigenvalue weighted by Crippen LogP contribution is 2.35. The Labute approximate surface area is 440 Å². The number of aliphatic hydroxyl groups is 2. The summed E-state index contributed by atoms with van der Waals surface area (Å²) >= 11 is 0. The maximum absolute atomic E-state index is 13.1. The van der Waals surface area contributed by atoms with Crippen LogP contribution in [0, 0.1) is 0 Å². The van der Waals surface area contributed by atoms with E-state index in [4.69, 9.17) is 36.4 Å². The molecule has 416 valence electrons. The standard InChI is InChI=1S/C26H30F3NO2.C25H30F3NO2.2C4H11NO/c1-32-25(31)18-21(20-11-8-12-22(17-20)26(27,28)29)10-4-2-3-5-13-23-16-15-19-9-6-7-14-24(19)30-23;26-25(27,28)21-11-7-10-19(16-21)20(17-24(30)31)9-3-1-2-4-12-22-15-14-18-8-5-6-13-23(18)29-22;2*1-4(2,5)3-6/h2,4,8,11-12,15-17,21H,3,5-7,9-10,13-14,18H2,1H3;7,10-11,14-16,20H,1-6,8-9,12-13,17H2,(H,30,31);2*6H,3,5H2,1-2H3/b4-2-;;;/t21-;20-;;/m00../s1. The second kappa shape index (κ2) is 31.8. The van der Waals surface area contributed by atoms with Crippen LogP contribution >= 0.6 is 0 Å². The molecule has 10 nitrogen and oxygen atoms in total. The number of fused-ring (bicyclic) bond motifs is 2. The van der Waals surface area contributed by atoms with Gasteiger partial charge in [0.15, 0.2) is 0 Å². The molecule has 2 atom stereocenters. The summed E-state index contributed by atoms with van der Waals surface area (Å²) in [5.41, 5.74) is 16.8. The number of hydrogen-bond acceptors (Lipinski definition) is 9. The molecule has 0 spiro atoms. The second-order valence-electron chi connectivity index (χ2n) is 21.1. The fraction of sp³-hybridized carbons (Fsp3) is 0.559. The lowest BCUT2D eigenvalue weighted by atomic mass is 9.89. The van der Waals surface area contributed by atoms with E-state index >= 15 is 0 Å². The first kappa shape index (κ1) is 64.1. The third-order valence-electron chi connectivity index (χ3n) is 12.8. The van der Waals surface area contributed by atoms with Crippen LogP contribution in [0.15, 0.2) is 84.9 Å². The van der Waals surface area contributed by atoms with Gasteiger partial charge in [0.2, 0.25) is 0 Å². The van der Waals surface area contributed by atoms with E-state index in [0.717, 1.165) is 113 Å². The molecule has 4 aromatic rings. The number of carboxylic acid groups (broad SMARTS) is 1. The molecule has 0 radical (unpaired) electrons. The van der Waals surface area contributed by atoms with Crippen molar-refractivity contribution in [2.45, 2.75) is 191 Å². The summed E-state index contributed by atoms with van der Waals surface area (Å²) in [7, 11) is 1.29. The first-order chi connectivity index (χ1) is 35.3. The molecular formula is C59H82F6N4O6. The minimum atomic E-state index is -4.42. The quantitative estimate of drug-likeness (QED) is 0.0233. The number of pyridine rings is 2. The van der Waals surface area contributed by atoms with Gasteiger partial charge in [-0.1, -0.05) is 79.9 Å². The topological polar surface area (TPSA) is 182 Å². The maximum Gasteiger partial charge on any atom is 0.416 e. The number of aromatic nitrogens is 2. The van der Waals surface area contributed by atoms with Crippen LogP contribution in [0.1, 0.15) is 186 Å². The molecule has 0 bridgehead atoms. The van der Waals surface area contributed by atoms with Crippen molar-refractivity contribution in [1.82, 2.24) is 9.97 Å². The average molecular weight is 1060 g/mol. The summed E-state index contributed by atoms with van der Waals surface area (Å²) in [6.07, 6.45) is 12.8. The van der Waals surface area contributed by atoms with Gasteiger partial charge in [-0.2, -0.15) is 26.3 Å². The third-order valence-corrected chi connectivity index (χ3v) is 12.8. The summed E-state index contributed by atoms with van der Waals surface area (Å²) in [4.78, 5) is 32.6. The van der Waals surface area contributed by atoms with Gasteiger partial charge in [0, 0.05) is 33.9 Å². The van der Waals surface area contributed by atoms with Crippen molar-refractivity contribution in [2.75, 3.05) is 20.3 Å². The van der Waals surface area contributed by atoms with Crippen LogP contribution in [0.3, 0.4) is 0 Å². The van der Waals surface area contributed by atoms with Crippen molar-refractivity contribution in [2.24, 2.45) is 11.5 Å². The van der Waals surface area contributed by atoms with Crippen LogP contribution in [0.25, 0.3) is 0 Å². The van der Waals surface area contributed by atoms with Crippen molar-refractivity contribution in [3.8, 4) is 0 Å². The Morgan fingerprint density at radius 1 is 0.627 bits per heavy atom. The predicted molar refractivity (Wildman–Crippen MR) is 283 cm³/mol. The maximum atomic E-state index is 13.1. The Morgan fingerprint density at radius 2 is 1.08 bits per heavy atom. The van der Waals surface area contributed by atoms with Gasteiger partial charge in [0.1, 0.15) is 0 Å². The monoisotopic (exact) mass is 1060 g/mol. The molecule has 0 unspecified atom stereocenters. The number of carboxylic acids is 1. The minimum absolute atomic E-state index is 0.0429. The molecule has 0 amide bonds. The zero-order chi connectivity index (χ0) is 55.7. The van der Waals surface area contributed by atoms with E-state index in [-0.39, 0.29) is 32.0 Å². The molecule has 0 fully saturated rings. The number of allylic oxidation sites excluding steroid dienone is 2. The number of alkyl halides is 6. The Bertz CT molecular complexity index is 2340. The van der Waals surface area contributed by atoms with Gasteiger partial charge < -0.3 is 31.5 Å². The van der Waals surface area contributed by atoms with Crippen LogP contribution in [0.4, 0.5) is 26.3 Å². The molecular weight excluding hydrogens is 975 g/mol. The number of hydrogen-bond donors (Lipinski definition) is 5. The summed E-state index contributed by atoms with van der Waals surface area (Å²) in [5.74, 6) is -2.18. The van der Waals surface area contributed by atoms with Gasteiger partial charge in [-0.3, -0.25) is 19.6 Å². The van der Waals surface area contributed by atoms with Crippen LogP contribution in [-0.2, 0) is 65.2 Å². The Kier molecular flexibility index (Phi) is 27.2. The van der Waals surface area contributed by atoms with Gasteiger partial charge >= 0.3 is 24.3 Å². The molecule has 75 heavy (non-hydrogen) atoms. The number of nitrogens with zero attached hydrogens (tertiary/aromatic N) is 2. The van der Waals surface area contributed by atoms with E-state index in [9.17, 15) is 41.0 Å². The van der Waals surface area contributed by atoms with E-state index in [2.05, 4.69) is 24.3 Å². The number of carbonyl (C=O) groups is 2. The highest BCUT2D eigenvalue weighted by Gasteiger charge is 2.32. The number of ether oxygens (including phenoxy) is 1. The van der Waals surface area contributed by atoms with Crippen molar-refractivity contribution < 1.29 is 56.0 Å². The molecule has 2 aromatic carbocycles. The molecule has 6 rings (SSSR count). The lowest BCUT2D eigenvalue weighted by Gasteiger charge is -2.17. The summed E-state index contributed by atoms with van der Waals surface area (Å²) in [6.45, 7) is 7.18. The molecule has 7 N–H and O–H groups in total. The van der Waals surface area contributed by atoms with Gasteiger partial charge in [0.05, 0.1) is 44.3 Å². The third kappa shape index (κ3) is 26.0. The van der Waals surface area contributed by atoms with E-state index in [0.29, 0.717) is 24.0 Å². The fourth-order valence-electron chi connectivity index (χ4n) is 8.52. The summed E-state index contributed by atoms with van der Waals surface area (Å²) in [5, 5.41) is 25.8. The van der Waals surface area contributed by atoms with Crippen molar-refractivity contribution in [3.63, 3.8) is 0 Å². The van der Waals surface area contributed by atoms with Crippen LogP contribution < -0.4 is 11.5 Å².